The van der Waals surface area contributed by atoms with Crippen LogP contribution in [-0.2, 0) is 39.7 Å². The maximum Gasteiger partial charge on any atom is 0.457 e. The maximum atomic E-state index is 13.2. The van der Waals surface area contributed by atoms with Crippen molar-refractivity contribution in [2.75, 3.05) is 13.7 Å². The molecule has 2 saturated heterocycles. The van der Waals surface area contributed by atoms with E-state index in [9.17, 15) is 14.4 Å². The van der Waals surface area contributed by atoms with E-state index in [0.29, 0.717) is 36.6 Å². The molecule has 6 atom stereocenters. The summed E-state index contributed by atoms with van der Waals surface area (Å²) in [5.74, 6) is -0.378. The van der Waals surface area contributed by atoms with Gasteiger partial charge in [0.25, 0.3) is 0 Å². The van der Waals surface area contributed by atoms with Gasteiger partial charge < -0.3 is 23.5 Å². The summed E-state index contributed by atoms with van der Waals surface area (Å²) in [6.45, 7) is 12.4. The molecule has 9 nitrogen and oxygen atoms in total. The van der Waals surface area contributed by atoms with Gasteiger partial charge in [0, 0.05) is 18.5 Å². The van der Waals surface area contributed by atoms with Gasteiger partial charge in [-0.1, -0.05) is 50.6 Å². The topological polar surface area (TPSA) is 101 Å². The zero-order chi connectivity index (χ0) is 31.2. The fourth-order valence-electron chi connectivity index (χ4n) is 7.74. The number of methoxy groups -OCH3 is 1. The van der Waals surface area contributed by atoms with Crippen molar-refractivity contribution in [3.63, 3.8) is 0 Å². The van der Waals surface area contributed by atoms with Crippen LogP contribution in [0.3, 0.4) is 0 Å². The Bertz CT molecular complexity index is 1240. The second kappa shape index (κ2) is 11.9. The molecule has 10 heteroatoms. The molecule has 234 valence electrons. The zero-order valence-corrected chi connectivity index (χ0v) is 26.6. The van der Waals surface area contributed by atoms with Gasteiger partial charge >= 0.3 is 25.2 Å². The fourth-order valence-corrected chi connectivity index (χ4v) is 7.74. The number of carbonyl (C=O) groups is 3. The number of benzene rings is 1. The van der Waals surface area contributed by atoms with Crippen LogP contribution in [0.5, 0.6) is 0 Å². The Kier molecular flexibility index (Phi) is 8.75. The number of hydrogen-bond donors (Lipinski definition) is 0. The summed E-state index contributed by atoms with van der Waals surface area (Å²) in [6.07, 6.45) is 4.94. The molecule has 0 spiro atoms. The third-order valence-electron chi connectivity index (χ3n) is 10.1. The van der Waals surface area contributed by atoms with Gasteiger partial charge in [0.1, 0.15) is 18.2 Å². The Morgan fingerprint density at radius 2 is 1.84 bits per heavy atom. The zero-order valence-electron chi connectivity index (χ0n) is 26.6. The van der Waals surface area contributed by atoms with E-state index in [2.05, 4.69) is 20.8 Å². The highest BCUT2D eigenvalue weighted by Crippen LogP contribution is 2.65. The van der Waals surface area contributed by atoms with Gasteiger partial charge in [-0.3, -0.25) is 4.90 Å². The van der Waals surface area contributed by atoms with Crippen molar-refractivity contribution >= 4 is 25.2 Å². The van der Waals surface area contributed by atoms with Gasteiger partial charge in [-0.05, 0) is 81.7 Å². The molecule has 2 heterocycles. The van der Waals surface area contributed by atoms with Crippen molar-refractivity contribution in [1.29, 1.82) is 0 Å². The Morgan fingerprint density at radius 3 is 2.49 bits per heavy atom. The lowest BCUT2D eigenvalue weighted by molar-refractivity contribution is -0.199. The maximum absolute atomic E-state index is 13.2. The van der Waals surface area contributed by atoms with Gasteiger partial charge in [0.2, 0.25) is 0 Å². The van der Waals surface area contributed by atoms with Crippen molar-refractivity contribution in [1.82, 2.24) is 4.90 Å². The second-order valence-corrected chi connectivity index (χ2v) is 14.3. The van der Waals surface area contributed by atoms with Crippen molar-refractivity contribution < 1.29 is 37.9 Å². The van der Waals surface area contributed by atoms with E-state index in [-0.39, 0.29) is 37.4 Å². The molecule has 43 heavy (non-hydrogen) atoms. The number of amides is 1. The average Bonchev–Trinajstić information content (AvgIpc) is 3.47. The van der Waals surface area contributed by atoms with Gasteiger partial charge in [-0.2, -0.15) is 0 Å². The Hall–Kier alpha value is -2.85. The molecule has 0 aromatic heterocycles. The number of rotatable bonds is 8. The van der Waals surface area contributed by atoms with Crippen molar-refractivity contribution in [3.05, 3.63) is 47.5 Å². The molecule has 1 amide bonds. The largest absolute Gasteiger partial charge is 0.467 e. The third kappa shape index (κ3) is 6.36. The minimum absolute atomic E-state index is 0.0640. The lowest BCUT2D eigenvalue weighted by Crippen LogP contribution is -2.65. The third-order valence-corrected chi connectivity index (χ3v) is 10.1. The molecule has 0 unspecified atom stereocenters. The van der Waals surface area contributed by atoms with Crippen LogP contribution in [0.1, 0.15) is 72.8 Å². The van der Waals surface area contributed by atoms with E-state index >= 15 is 0 Å². The number of likely N-dealkylation sites (tertiary alicyclic amines) is 1. The normalized spacial score (nSPS) is 31.8. The molecular weight excluding hydrogens is 549 g/mol. The van der Waals surface area contributed by atoms with Gasteiger partial charge in [0.05, 0.1) is 18.8 Å². The molecule has 5 aliphatic rings. The van der Waals surface area contributed by atoms with Crippen LogP contribution < -0.4 is 0 Å². The first-order valence-corrected chi connectivity index (χ1v) is 15.5. The van der Waals surface area contributed by atoms with Crippen molar-refractivity contribution in [2.24, 2.45) is 23.2 Å². The molecule has 5 fully saturated rings. The minimum Gasteiger partial charge on any atom is -0.467 e. The van der Waals surface area contributed by atoms with Crippen LogP contribution in [0, 0.1) is 23.2 Å². The summed E-state index contributed by atoms with van der Waals surface area (Å²) in [4.78, 5) is 40.7. The quantitative estimate of drug-likeness (QED) is 0.166. The Balaban J connectivity index is 1.30. The lowest BCUT2D eigenvalue weighted by atomic mass is 9.43. The van der Waals surface area contributed by atoms with Crippen LogP contribution in [-0.4, -0.2) is 67.1 Å². The monoisotopic (exact) mass is 595 g/mol. The molecule has 3 aliphatic carbocycles. The van der Waals surface area contributed by atoms with Gasteiger partial charge in [0.15, 0.2) is 0 Å². The molecule has 1 aromatic rings. The van der Waals surface area contributed by atoms with Crippen LogP contribution in [0.25, 0.3) is 0 Å². The highest BCUT2D eigenvalue weighted by Gasteiger charge is 2.67. The Labute approximate surface area is 255 Å². The number of esters is 2. The first-order chi connectivity index (χ1) is 20.2. The number of hydrogen-bond acceptors (Lipinski definition) is 8. The number of ether oxygens (including phenoxy) is 3. The predicted molar refractivity (Wildman–Crippen MR) is 161 cm³/mol. The summed E-state index contributed by atoms with van der Waals surface area (Å²) in [7, 11) is 0.978. The molecule has 2 aliphatic heterocycles. The average molecular weight is 596 g/mol. The van der Waals surface area contributed by atoms with E-state index in [0.717, 1.165) is 12.0 Å². The Morgan fingerprint density at radius 1 is 1.12 bits per heavy atom. The summed E-state index contributed by atoms with van der Waals surface area (Å²) in [5, 5.41) is 0. The highest BCUT2D eigenvalue weighted by molar-refractivity contribution is 6.45. The first kappa shape index (κ1) is 31.6. The molecular formula is C33H46BNO8. The second-order valence-electron chi connectivity index (χ2n) is 14.3. The first-order valence-electron chi connectivity index (χ1n) is 15.5. The fraction of sp³-hybridized carbons (Fsp3) is 0.667. The van der Waals surface area contributed by atoms with Crippen LogP contribution >= 0.6 is 0 Å². The van der Waals surface area contributed by atoms with E-state index in [1.807, 2.05) is 30.3 Å². The van der Waals surface area contributed by atoms with Crippen LogP contribution in [0.4, 0.5) is 4.79 Å². The minimum atomic E-state index is -0.924. The SMILES string of the molecule is COC(=O)[C@H]1[C@H](CCCB2O[C@@H]3C[C@@H]4C[C@@H](C4(C)C)[C@]3(C)O2)/C(=C/C(=O)OCc2ccccc2)CN1C(=O)OC(C)(C)C. The summed E-state index contributed by atoms with van der Waals surface area (Å²) in [5.41, 5.74) is 0.725. The predicted octanol–water partition coefficient (Wildman–Crippen LogP) is 5.57. The smallest absolute Gasteiger partial charge is 0.457 e. The highest BCUT2D eigenvalue weighted by atomic mass is 16.7. The lowest BCUT2D eigenvalue weighted by Gasteiger charge is -2.64. The summed E-state index contributed by atoms with van der Waals surface area (Å²) < 4.78 is 29.3. The molecule has 1 aromatic carbocycles. The van der Waals surface area contributed by atoms with E-state index in [1.165, 1.54) is 24.5 Å². The summed E-state index contributed by atoms with van der Waals surface area (Å²) >= 11 is 0. The molecule has 3 saturated carbocycles. The number of carbonyl (C=O) groups excluding carboxylic acids is 3. The van der Waals surface area contributed by atoms with Crippen LogP contribution in [0.2, 0.25) is 6.32 Å². The van der Waals surface area contributed by atoms with Crippen molar-refractivity contribution in [2.45, 2.75) is 104 Å². The van der Waals surface area contributed by atoms with Gasteiger partial charge in [-0.25, -0.2) is 14.4 Å². The van der Waals surface area contributed by atoms with E-state index in [1.54, 1.807) is 20.8 Å². The number of nitrogens with zero attached hydrogens (tertiary/aromatic N) is 1. The molecule has 6 rings (SSSR count). The molecule has 2 bridgehead atoms. The van der Waals surface area contributed by atoms with E-state index in [4.69, 9.17) is 23.5 Å². The molecule has 0 N–H and O–H groups in total. The summed E-state index contributed by atoms with van der Waals surface area (Å²) in [6, 6.07) is 8.49. The standard InChI is InChI=1S/C33H46BNO8/c1-31(2,3)41-30(38)35-19-22(16-27(36)40-20-21-12-9-8-10-13-21)24(28(35)29(37)39-7)14-11-15-34-42-26-18-23-17-25(32(23,4)5)33(26,6)43-34/h8-10,12-13,16,23-26,28H,11,14-15,17-20H2,1-7H3/b22-16+/t23-,24+,25-,26+,28+,33-/m0/s1. The van der Waals surface area contributed by atoms with E-state index < -0.39 is 35.6 Å². The van der Waals surface area contributed by atoms with Crippen molar-refractivity contribution in [3.8, 4) is 0 Å². The molecule has 0 radical (unpaired) electrons. The van der Waals surface area contributed by atoms with Crippen LogP contribution in [0.15, 0.2) is 42.0 Å². The van der Waals surface area contributed by atoms with Gasteiger partial charge in [-0.15, -0.1) is 0 Å².